The van der Waals surface area contributed by atoms with Crippen molar-refractivity contribution in [2.24, 2.45) is 5.73 Å². The number of benzene rings is 1. The van der Waals surface area contributed by atoms with E-state index in [2.05, 4.69) is 0 Å². The molecule has 0 aliphatic heterocycles. The summed E-state index contributed by atoms with van der Waals surface area (Å²) in [4.78, 5) is 0. The number of halogens is 1. The summed E-state index contributed by atoms with van der Waals surface area (Å²) in [5.41, 5.74) is 6.15. The molecule has 0 saturated carbocycles. The number of hydrogen-bond donors (Lipinski definition) is 2. The lowest BCUT2D eigenvalue weighted by Gasteiger charge is -2.13. The highest BCUT2D eigenvalue weighted by Gasteiger charge is 2.14. The van der Waals surface area contributed by atoms with Gasteiger partial charge in [-0.3, -0.25) is 0 Å². The Kier molecular flexibility index (Phi) is 3.01. The largest absolute Gasteiger partial charge is 0.504 e. The summed E-state index contributed by atoms with van der Waals surface area (Å²) >= 11 is 5.86. The standard InChI is InChI=1S/C9H12ClNO2/c1-5(11)8-6(10)3-4-7(13-2)9(8)12/h3-5,12H,11H2,1-2H3. The number of hydrogen-bond acceptors (Lipinski definition) is 3. The molecular weight excluding hydrogens is 190 g/mol. The van der Waals surface area contributed by atoms with Crippen LogP contribution in [0.1, 0.15) is 18.5 Å². The normalized spacial score (nSPS) is 12.6. The molecule has 1 aromatic carbocycles. The second kappa shape index (κ2) is 3.85. The van der Waals surface area contributed by atoms with Crippen LogP contribution in [-0.4, -0.2) is 12.2 Å². The molecule has 1 rings (SSSR count). The minimum Gasteiger partial charge on any atom is -0.504 e. The van der Waals surface area contributed by atoms with Gasteiger partial charge in [-0.1, -0.05) is 11.6 Å². The van der Waals surface area contributed by atoms with Crippen LogP contribution in [0.25, 0.3) is 0 Å². The molecule has 3 nitrogen and oxygen atoms in total. The van der Waals surface area contributed by atoms with Gasteiger partial charge in [0, 0.05) is 16.6 Å². The second-order valence-electron chi connectivity index (χ2n) is 2.80. The smallest absolute Gasteiger partial charge is 0.164 e. The molecule has 0 heterocycles. The van der Waals surface area contributed by atoms with E-state index < -0.39 is 0 Å². The topological polar surface area (TPSA) is 55.5 Å². The molecule has 1 aromatic rings. The van der Waals surface area contributed by atoms with E-state index in [0.717, 1.165) is 0 Å². The van der Waals surface area contributed by atoms with Crippen LogP contribution in [-0.2, 0) is 0 Å². The number of nitrogens with two attached hydrogens (primary N) is 1. The maximum absolute atomic E-state index is 9.65. The monoisotopic (exact) mass is 201 g/mol. The Balaban J connectivity index is 3.30. The van der Waals surface area contributed by atoms with Gasteiger partial charge in [-0.15, -0.1) is 0 Å². The van der Waals surface area contributed by atoms with Crippen molar-refractivity contribution in [2.45, 2.75) is 13.0 Å². The lowest BCUT2D eigenvalue weighted by molar-refractivity contribution is 0.369. The second-order valence-corrected chi connectivity index (χ2v) is 3.21. The first-order chi connectivity index (χ1) is 6.07. The maximum Gasteiger partial charge on any atom is 0.164 e. The molecule has 0 aromatic heterocycles. The summed E-state index contributed by atoms with van der Waals surface area (Å²) in [6, 6.07) is 2.94. The Morgan fingerprint density at radius 1 is 1.54 bits per heavy atom. The van der Waals surface area contributed by atoms with Crippen molar-refractivity contribution < 1.29 is 9.84 Å². The predicted molar refractivity (Wildman–Crippen MR) is 52.3 cm³/mol. The molecule has 72 valence electrons. The molecule has 3 N–H and O–H groups in total. The fourth-order valence-electron chi connectivity index (χ4n) is 1.16. The zero-order chi connectivity index (χ0) is 10.0. The maximum atomic E-state index is 9.65. The molecule has 0 fully saturated rings. The summed E-state index contributed by atoms with van der Waals surface area (Å²) in [6.07, 6.45) is 0. The van der Waals surface area contributed by atoms with Crippen molar-refractivity contribution in [3.05, 3.63) is 22.7 Å². The minimum absolute atomic E-state index is 0.0185. The van der Waals surface area contributed by atoms with E-state index in [1.54, 1.807) is 19.1 Å². The van der Waals surface area contributed by atoms with Crippen molar-refractivity contribution in [3.8, 4) is 11.5 Å². The first-order valence-electron chi connectivity index (χ1n) is 3.89. The molecule has 1 atom stereocenters. The van der Waals surface area contributed by atoms with E-state index in [4.69, 9.17) is 22.1 Å². The van der Waals surface area contributed by atoms with E-state index in [1.165, 1.54) is 7.11 Å². The van der Waals surface area contributed by atoms with Crippen LogP contribution in [0, 0.1) is 0 Å². The molecule has 1 unspecified atom stereocenters. The number of phenols is 1. The number of rotatable bonds is 2. The van der Waals surface area contributed by atoms with Crippen LogP contribution in [0.15, 0.2) is 12.1 Å². The van der Waals surface area contributed by atoms with Gasteiger partial charge in [0.2, 0.25) is 0 Å². The highest BCUT2D eigenvalue weighted by Crippen LogP contribution is 2.37. The summed E-state index contributed by atoms with van der Waals surface area (Å²) in [5.74, 6) is 0.404. The number of methoxy groups -OCH3 is 1. The van der Waals surface area contributed by atoms with E-state index in [9.17, 15) is 5.11 Å². The molecule has 0 radical (unpaired) electrons. The summed E-state index contributed by atoms with van der Waals surface area (Å²) in [7, 11) is 1.48. The molecule has 0 spiro atoms. The lowest BCUT2D eigenvalue weighted by atomic mass is 10.1. The molecule has 0 aliphatic rings. The third-order valence-corrected chi connectivity index (χ3v) is 2.13. The Labute approximate surface area is 82.1 Å². The molecular formula is C9H12ClNO2. The van der Waals surface area contributed by atoms with Gasteiger partial charge in [0.05, 0.1) is 7.11 Å². The molecule has 13 heavy (non-hydrogen) atoms. The number of phenolic OH excluding ortho intramolecular Hbond substituents is 1. The first-order valence-corrected chi connectivity index (χ1v) is 4.26. The predicted octanol–water partition coefficient (Wildman–Crippen LogP) is 2.07. The van der Waals surface area contributed by atoms with Gasteiger partial charge < -0.3 is 15.6 Å². The van der Waals surface area contributed by atoms with Crippen molar-refractivity contribution in [2.75, 3.05) is 7.11 Å². The van der Waals surface area contributed by atoms with Crippen molar-refractivity contribution >= 4 is 11.6 Å². The Morgan fingerprint density at radius 2 is 2.15 bits per heavy atom. The molecule has 0 amide bonds. The van der Waals surface area contributed by atoms with E-state index in [-0.39, 0.29) is 11.8 Å². The van der Waals surface area contributed by atoms with Crippen LogP contribution in [0.3, 0.4) is 0 Å². The zero-order valence-corrected chi connectivity index (χ0v) is 8.30. The van der Waals surface area contributed by atoms with E-state index >= 15 is 0 Å². The number of aromatic hydroxyl groups is 1. The zero-order valence-electron chi connectivity index (χ0n) is 7.54. The summed E-state index contributed by atoms with van der Waals surface area (Å²) in [5, 5.41) is 10.1. The van der Waals surface area contributed by atoms with Crippen LogP contribution in [0.2, 0.25) is 5.02 Å². The lowest BCUT2D eigenvalue weighted by Crippen LogP contribution is -2.06. The average Bonchev–Trinajstić information content (AvgIpc) is 2.04. The highest BCUT2D eigenvalue weighted by molar-refractivity contribution is 6.31. The van der Waals surface area contributed by atoms with E-state index in [0.29, 0.717) is 16.3 Å². The molecule has 4 heteroatoms. The third kappa shape index (κ3) is 1.87. The SMILES string of the molecule is COc1ccc(Cl)c(C(C)N)c1O. The van der Waals surface area contributed by atoms with Gasteiger partial charge in [-0.05, 0) is 19.1 Å². The average molecular weight is 202 g/mol. The minimum atomic E-state index is -0.317. The van der Waals surface area contributed by atoms with Gasteiger partial charge in [0.25, 0.3) is 0 Å². The summed E-state index contributed by atoms with van der Waals surface area (Å²) < 4.78 is 4.93. The van der Waals surface area contributed by atoms with Crippen molar-refractivity contribution in [1.82, 2.24) is 0 Å². The number of ether oxygens (including phenoxy) is 1. The summed E-state index contributed by atoms with van der Waals surface area (Å²) in [6.45, 7) is 1.75. The van der Waals surface area contributed by atoms with Gasteiger partial charge in [0.15, 0.2) is 11.5 Å². The van der Waals surface area contributed by atoms with E-state index in [1.807, 2.05) is 0 Å². The van der Waals surface area contributed by atoms with Crippen LogP contribution >= 0.6 is 11.6 Å². The van der Waals surface area contributed by atoms with Gasteiger partial charge in [-0.25, -0.2) is 0 Å². The molecule has 0 bridgehead atoms. The van der Waals surface area contributed by atoms with Crippen LogP contribution in [0.5, 0.6) is 11.5 Å². The quantitative estimate of drug-likeness (QED) is 0.770. The van der Waals surface area contributed by atoms with Gasteiger partial charge in [0.1, 0.15) is 0 Å². The Morgan fingerprint density at radius 3 is 2.62 bits per heavy atom. The fraction of sp³-hybridized carbons (Fsp3) is 0.333. The fourth-order valence-corrected chi connectivity index (χ4v) is 1.49. The Hall–Kier alpha value is -0.930. The van der Waals surface area contributed by atoms with Gasteiger partial charge in [-0.2, -0.15) is 0 Å². The first kappa shape index (κ1) is 10.2. The van der Waals surface area contributed by atoms with Crippen LogP contribution < -0.4 is 10.5 Å². The van der Waals surface area contributed by atoms with Crippen LogP contribution in [0.4, 0.5) is 0 Å². The van der Waals surface area contributed by atoms with Crippen molar-refractivity contribution in [3.63, 3.8) is 0 Å². The van der Waals surface area contributed by atoms with Gasteiger partial charge >= 0.3 is 0 Å². The van der Waals surface area contributed by atoms with Crippen molar-refractivity contribution in [1.29, 1.82) is 0 Å². The highest BCUT2D eigenvalue weighted by atomic mass is 35.5. The Bertz CT molecular complexity index is 313. The molecule has 0 aliphatic carbocycles. The molecule has 0 saturated heterocycles. The third-order valence-electron chi connectivity index (χ3n) is 1.80.